The third-order valence-corrected chi connectivity index (χ3v) is 3.71. The quantitative estimate of drug-likeness (QED) is 0.312. The molecule has 0 amide bonds. The van der Waals surface area contributed by atoms with Crippen molar-refractivity contribution in [2.45, 2.75) is 0 Å². The van der Waals surface area contributed by atoms with Crippen LogP contribution in [0.25, 0.3) is 0 Å². The smallest absolute Gasteiger partial charge is 0.756 e. The summed E-state index contributed by atoms with van der Waals surface area (Å²) in [6.45, 7) is 0. The summed E-state index contributed by atoms with van der Waals surface area (Å²) in [6, 6.07) is 0. The molecular formula is H16NaO10P3. The van der Waals surface area contributed by atoms with Gasteiger partial charge in [-0.2, -0.15) is 0 Å². The van der Waals surface area contributed by atoms with Crippen LogP contribution in [0.1, 0.15) is 8.56 Å². The normalized spacial score (nSPS) is 13.5. The second kappa shape index (κ2) is 5.65. The Kier molecular flexibility index (Phi) is 7.19. The molecule has 0 aliphatic carbocycles. The first kappa shape index (κ1) is 17.8. The van der Waals surface area contributed by atoms with Crippen molar-refractivity contribution in [3.8, 4) is 0 Å². The average Bonchev–Trinajstić information content (AvgIpc) is 1.43. The largest absolute Gasteiger partial charge is 1.00 e. The summed E-state index contributed by atoms with van der Waals surface area (Å²) in [5.74, 6) is 0. The van der Waals surface area contributed by atoms with Gasteiger partial charge in [-0.25, -0.2) is 17.8 Å². The second-order valence-electron chi connectivity index (χ2n) is 1.59. The van der Waals surface area contributed by atoms with E-state index in [1.54, 1.807) is 0 Å². The molecule has 0 radical (unpaired) electrons. The Morgan fingerprint density at radius 1 is 0.929 bits per heavy atom. The van der Waals surface area contributed by atoms with Gasteiger partial charge in [0.15, 0.2) is 0 Å². The van der Waals surface area contributed by atoms with E-state index in [1.165, 1.54) is 0 Å². The van der Waals surface area contributed by atoms with Gasteiger partial charge in [-0.3, -0.25) is 4.57 Å². The van der Waals surface area contributed by atoms with Crippen LogP contribution in [0.5, 0.6) is 0 Å². The molecule has 0 spiro atoms. The van der Waals surface area contributed by atoms with E-state index < -0.39 is 23.5 Å². The summed E-state index contributed by atoms with van der Waals surface area (Å²) in [7, 11) is -16.5. The summed E-state index contributed by atoms with van der Waals surface area (Å²) in [6.07, 6.45) is 0. The maximum absolute atomic E-state index is 10.3. The van der Waals surface area contributed by atoms with Gasteiger partial charge in [-0.1, -0.05) is 0 Å². The van der Waals surface area contributed by atoms with Gasteiger partial charge in [0.25, 0.3) is 7.82 Å². The maximum atomic E-state index is 10.3. The number of rotatable bonds is 4. The summed E-state index contributed by atoms with van der Waals surface area (Å²) in [5.41, 5.74) is 0. The fourth-order valence-electron chi connectivity index (χ4n) is 0.275. The predicted molar refractivity (Wildman–Crippen MR) is 46.5 cm³/mol. The molecule has 0 bridgehead atoms. The molecule has 0 aromatic carbocycles. The SMILES string of the molecule is O=P(O)(O)OP(=O)([O-])OP(=O)(O)O.[HH].[HH].[HH].[HH].[HH].[HH].[Na+]. The standard InChI is InChI=1S/Na.H5O10P3.6H2/c;1-11(2,3)9-13(7,8)10-12(4,5)6;;;;;;/h;(H,7,8)(H2,1,2,3)(H2,4,5,6);6*1H/q+1;;;;;;;/p-1. The molecule has 0 fully saturated rings. The molecule has 0 aliphatic rings. The average molecular weight is 292 g/mol. The first-order valence-electron chi connectivity index (χ1n) is 2.26. The Morgan fingerprint density at radius 2 is 1.14 bits per heavy atom. The Morgan fingerprint density at radius 3 is 1.29 bits per heavy atom. The van der Waals surface area contributed by atoms with Gasteiger partial charge in [0, 0.05) is 8.56 Å². The Bertz CT molecular complexity index is 295. The van der Waals surface area contributed by atoms with Gasteiger partial charge in [-0.15, -0.1) is 0 Å². The fraction of sp³-hybridized carbons (Fsp3) is 0. The van der Waals surface area contributed by atoms with Crippen LogP contribution in [0, 0.1) is 0 Å². The van der Waals surface area contributed by atoms with Gasteiger partial charge in [-0.05, 0) is 0 Å². The number of phosphoric acid groups is 3. The molecule has 14 heavy (non-hydrogen) atoms. The first-order chi connectivity index (χ1) is 5.41. The zero-order valence-electron chi connectivity index (χ0n) is 6.58. The van der Waals surface area contributed by atoms with Crippen LogP contribution in [0.15, 0.2) is 0 Å². The Hall–Kier alpha value is 1.41. The second-order valence-corrected chi connectivity index (χ2v) is 5.75. The van der Waals surface area contributed by atoms with E-state index in [0.29, 0.717) is 0 Å². The number of hydrogen-bond acceptors (Lipinski definition) is 6. The number of hydrogen-bond donors (Lipinski definition) is 4. The summed E-state index contributed by atoms with van der Waals surface area (Å²) >= 11 is 0. The molecule has 0 aliphatic heterocycles. The van der Waals surface area contributed by atoms with E-state index in [1.807, 2.05) is 0 Å². The minimum atomic E-state index is -5.71. The summed E-state index contributed by atoms with van der Waals surface area (Å²) in [4.78, 5) is 42.0. The van der Waals surface area contributed by atoms with Crippen molar-refractivity contribution >= 4 is 23.5 Å². The minimum Gasteiger partial charge on any atom is -0.756 e. The van der Waals surface area contributed by atoms with Crippen molar-refractivity contribution in [3.05, 3.63) is 0 Å². The third kappa shape index (κ3) is 11.5. The molecule has 0 aromatic heterocycles. The molecular weight excluding hydrogens is 276 g/mol. The van der Waals surface area contributed by atoms with Crippen LogP contribution in [-0.4, -0.2) is 19.6 Å². The topological polar surface area (TPSA) is 174 Å². The van der Waals surface area contributed by atoms with Crippen LogP contribution in [0.4, 0.5) is 0 Å². The summed E-state index contributed by atoms with van der Waals surface area (Å²) < 4.78 is 36.0. The first-order valence-corrected chi connectivity index (χ1v) is 6.78. The maximum Gasteiger partial charge on any atom is 1.00 e. The van der Waals surface area contributed by atoms with E-state index in [2.05, 4.69) is 8.62 Å². The van der Waals surface area contributed by atoms with E-state index >= 15 is 0 Å². The van der Waals surface area contributed by atoms with Crippen LogP contribution in [0.3, 0.4) is 0 Å². The van der Waals surface area contributed by atoms with Gasteiger partial charge in [0.1, 0.15) is 0 Å². The van der Waals surface area contributed by atoms with Crippen LogP contribution in [0.2, 0.25) is 0 Å². The van der Waals surface area contributed by atoms with Gasteiger partial charge >= 0.3 is 45.2 Å². The minimum absolute atomic E-state index is 0. The predicted octanol–water partition coefficient (Wildman–Crippen LogP) is -2.85. The molecule has 0 aromatic rings. The van der Waals surface area contributed by atoms with Crippen molar-refractivity contribution in [3.63, 3.8) is 0 Å². The zero-order chi connectivity index (χ0) is 10.9. The van der Waals surface area contributed by atoms with Crippen molar-refractivity contribution < 1.29 is 84.9 Å². The molecule has 14 heteroatoms. The summed E-state index contributed by atoms with van der Waals surface area (Å²) in [5, 5.41) is 0. The monoisotopic (exact) mass is 292 g/mol. The zero-order valence-corrected chi connectivity index (χ0v) is 11.3. The molecule has 10 nitrogen and oxygen atoms in total. The molecule has 0 saturated heterocycles. The van der Waals surface area contributed by atoms with Gasteiger partial charge < -0.3 is 24.5 Å². The van der Waals surface area contributed by atoms with E-state index in [0.717, 1.165) is 0 Å². The van der Waals surface area contributed by atoms with Crippen LogP contribution < -0.4 is 34.5 Å². The van der Waals surface area contributed by atoms with E-state index in [4.69, 9.17) is 19.6 Å². The molecule has 0 unspecified atom stereocenters. The molecule has 4 N–H and O–H groups in total. The molecule has 0 saturated carbocycles. The van der Waals surface area contributed by atoms with Gasteiger partial charge in [0.05, 0.1) is 0 Å². The Labute approximate surface area is 109 Å². The van der Waals surface area contributed by atoms with E-state index in [9.17, 15) is 18.6 Å². The van der Waals surface area contributed by atoms with Crippen molar-refractivity contribution in [1.29, 1.82) is 0 Å². The van der Waals surface area contributed by atoms with Crippen molar-refractivity contribution in [2.75, 3.05) is 0 Å². The molecule has 0 atom stereocenters. The fourth-order valence-corrected chi connectivity index (χ4v) is 2.75. The Balaban J connectivity index is -0.0000000343. The van der Waals surface area contributed by atoms with Crippen LogP contribution in [-0.2, 0) is 22.3 Å². The van der Waals surface area contributed by atoms with Crippen molar-refractivity contribution in [2.24, 2.45) is 0 Å². The van der Waals surface area contributed by atoms with Crippen molar-refractivity contribution in [1.82, 2.24) is 0 Å². The van der Waals surface area contributed by atoms with E-state index in [-0.39, 0.29) is 38.1 Å². The molecule has 0 heterocycles. The third-order valence-electron chi connectivity index (χ3n) is 0.413. The molecule has 0 rings (SSSR count). The molecule has 92 valence electrons. The van der Waals surface area contributed by atoms with Gasteiger partial charge in [0.2, 0.25) is 0 Å². The van der Waals surface area contributed by atoms with Crippen LogP contribution >= 0.6 is 23.5 Å².